The second kappa shape index (κ2) is 11.5. The van der Waals surface area contributed by atoms with Gasteiger partial charge in [0.15, 0.2) is 0 Å². The molecule has 0 saturated heterocycles. The van der Waals surface area contributed by atoms with Crippen molar-refractivity contribution in [1.82, 2.24) is 5.32 Å². The van der Waals surface area contributed by atoms with Crippen LogP contribution in [0, 0.1) is 6.92 Å². The molecule has 0 unspecified atom stereocenters. The Balaban J connectivity index is 0.00000380. The van der Waals surface area contributed by atoms with E-state index in [4.69, 9.17) is 4.74 Å². The normalized spacial score (nSPS) is 13.6. The van der Waals surface area contributed by atoms with E-state index in [1.165, 1.54) is 13.1 Å². The quantitative estimate of drug-likeness (QED) is 0.374. The summed E-state index contributed by atoms with van der Waals surface area (Å²) in [7, 11) is 1.49. The first-order valence-electron chi connectivity index (χ1n) is 11.3. The number of fused-ring (bicyclic) bond motifs is 1. The van der Waals surface area contributed by atoms with Gasteiger partial charge < -0.3 is 20.1 Å². The van der Waals surface area contributed by atoms with Gasteiger partial charge >= 0.3 is 12.1 Å². The second-order valence-corrected chi connectivity index (χ2v) is 9.67. The Bertz CT molecular complexity index is 1280. The van der Waals surface area contributed by atoms with Crippen LogP contribution in [0.4, 0.5) is 18.9 Å². The summed E-state index contributed by atoms with van der Waals surface area (Å²) in [5.74, 6) is -0.884. The maximum Gasteiger partial charge on any atom is 0.426 e. The summed E-state index contributed by atoms with van der Waals surface area (Å²) < 4.78 is 46.9. The number of nitrogens with one attached hydrogen (secondary N) is 1. The Kier molecular flexibility index (Phi) is 8.88. The Labute approximate surface area is 222 Å². The number of carboxylic acids is 1. The number of nitrogens with zero attached hydrogens (tertiary/aromatic N) is 1. The van der Waals surface area contributed by atoms with Crippen LogP contribution in [0.1, 0.15) is 27.3 Å². The molecule has 2 aromatic carbocycles. The number of rotatable bonds is 8. The lowest BCUT2D eigenvalue weighted by Gasteiger charge is -2.21. The Morgan fingerprint density at radius 2 is 1.89 bits per heavy atom. The van der Waals surface area contributed by atoms with Gasteiger partial charge in [-0.3, -0.25) is 9.59 Å². The average molecular weight is 555 g/mol. The molecule has 2 heterocycles. The van der Waals surface area contributed by atoms with Gasteiger partial charge in [0.1, 0.15) is 23.3 Å². The van der Waals surface area contributed by atoms with Gasteiger partial charge in [-0.1, -0.05) is 30.3 Å². The van der Waals surface area contributed by atoms with E-state index in [9.17, 15) is 27.9 Å². The minimum Gasteiger partial charge on any atom is -0.488 e. The lowest BCUT2D eigenvalue weighted by molar-refractivity contribution is -0.141. The van der Waals surface area contributed by atoms with Gasteiger partial charge in [-0.2, -0.15) is 13.2 Å². The number of likely N-dealkylation sites (N-methyl/N-ethyl adjacent to an activating group) is 1. The van der Waals surface area contributed by atoms with E-state index in [2.05, 4.69) is 5.32 Å². The summed E-state index contributed by atoms with van der Waals surface area (Å²) in [6, 6.07) is 12.5. The van der Waals surface area contributed by atoms with E-state index in [1.807, 2.05) is 6.92 Å². The second-order valence-electron chi connectivity index (χ2n) is 8.53. The summed E-state index contributed by atoms with van der Waals surface area (Å²) >= 11 is 0.668. The summed E-state index contributed by atoms with van der Waals surface area (Å²) in [5, 5.41) is 11.8. The zero-order chi connectivity index (χ0) is 26.0. The minimum atomic E-state index is -4.47. The van der Waals surface area contributed by atoms with Crippen LogP contribution in [0.2, 0.25) is 0 Å². The molecule has 0 radical (unpaired) electrons. The van der Waals surface area contributed by atoms with Crippen LogP contribution in [0.15, 0.2) is 48.5 Å². The highest BCUT2D eigenvalue weighted by Gasteiger charge is 2.36. The van der Waals surface area contributed by atoms with Crippen LogP contribution in [-0.2, 0) is 28.8 Å². The third-order valence-electron chi connectivity index (χ3n) is 6.06. The number of thiophene rings is 1. The first-order chi connectivity index (χ1) is 17.1. The van der Waals surface area contributed by atoms with Gasteiger partial charge in [0, 0.05) is 17.0 Å². The van der Waals surface area contributed by atoms with Crippen molar-refractivity contribution >= 4 is 41.3 Å². The fraction of sp³-hybridized carbons (Fsp3) is 0.308. The third kappa shape index (κ3) is 6.26. The van der Waals surface area contributed by atoms with E-state index in [1.54, 1.807) is 47.4 Å². The molecule has 3 aromatic rings. The largest absolute Gasteiger partial charge is 0.488 e. The summed E-state index contributed by atoms with van der Waals surface area (Å²) in [5.41, 5.74) is 3.01. The Hall–Kier alpha value is -3.08. The number of halogens is 4. The topological polar surface area (TPSA) is 78.9 Å². The number of amides is 1. The van der Waals surface area contributed by atoms with Gasteiger partial charge in [-0.05, 0) is 55.3 Å². The molecule has 4 rings (SSSR count). The van der Waals surface area contributed by atoms with Crippen molar-refractivity contribution in [2.75, 3.05) is 18.5 Å². The van der Waals surface area contributed by atoms with Crippen LogP contribution in [0.5, 0.6) is 5.75 Å². The number of alkyl halides is 3. The molecule has 1 amide bonds. The number of aryl methyl sites for hydroxylation is 1. The van der Waals surface area contributed by atoms with Gasteiger partial charge in [0.05, 0.1) is 12.1 Å². The molecule has 6 nitrogen and oxygen atoms in total. The fourth-order valence-corrected chi connectivity index (χ4v) is 5.34. The van der Waals surface area contributed by atoms with E-state index in [0.29, 0.717) is 40.5 Å². The van der Waals surface area contributed by atoms with Crippen molar-refractivity contribution in [3.05, 3.63) is 69.4 Å². The van der Waals surface area contributed by atoms with Crippen molar-refractivity contribution in [1.29, 1.82) is 0 Å². The molecule has 2 N–H and O–H groups in total. The van der Waals surface area contributed by atoms with Gasteiger partial charge in [-0.25, -0.2) is 0 Å². The first kappa shape index (κ1) is 28.5. The zero-order valence-electron chi connectivity index (χ0n) is 20.1. The van der Waals surface area contributed by atoms with Crippen molar-refractivity contribution in [3.8, 4) is 16.9 Å². The van der Waals surface area contributed by atoms with Crippen LogP contribution in [-0.4, -0.2) is 36.6 Å². The van der Waals surface area contributed by atoms with E-state index in [0.717, 1.165) is 16.8 Å². The lowest BCUT2D eigenvalue weighted by atomic mass is 10.1. The Morgan fingerprint density at radius 3 is 2.51 bits per heavy atom. The summed E-state index contributed by atoms with van der Waals surface area (Å²) in [4.78, 5) is 25.4. The number of anilines is 1. The van der Waals surface area contributed by atoms with Crippen molar-refractivity contribution in [3.63, 3.8) is 0 Å². The molecule has 0 aliphatic carbocycles. The van der Waals surface area contributed by atoms with E-state index < -0.39 is 23.1 Å². The minimum absolute atomic E-state index is 0. The Morgan fingerprint density at radius 1 is 1.19 bits per heavy atom. The van der Waals surface area contributed by atoms with E-state index >= 15 is 0 Å². The molecule has 0 spiro atoms. The SMILES string of the molecule is CN[C@@H](CC(=O)N1CCc2cc(OCc3cc(-c4ccccc4)c(C(F)(F)F)s3)cc(C)c21)C(=O)O.Cl. The summed E-state index contributed by atoms with van der Waals surface area (Å²) in [6.45, 7) is 2.23. The number of carbonyl (C=O) groups is 2. The number of hydrogen-bond donors (Lipinski definition) is 2. The lowest BCUT2D eigenvalue weighted by Crippen LogP contribution is -2.40. The standard InChI is InChI=1S/C26H25F3N2O4S.ClH/c1-15-10-18(11-17-8-9-31(23(15)17)22(32)13-21(30-2)25(33)34)35-14-19-12-20(16-6-4-3-5-7-16)24(36-19)26(27,28)29;/h3-7,10-12,21,30H,8-9,13-14H2,1-2H3,(H,33,34);1H/t21-;/m0./s1. The molecule has 198 valence electrons. The predicted molar refractivity (Wildman–Crippen MR) is 139 cm³/mol. The van der Waals surface area contributed by atoms with E-state index in [-0.39, 0.29) is 36.9 Å². The molecular formula is C26H26ClF3N2O4S. The molecule has 0 saturated carbocycles. The molecule has 1 aliphatic rings. The number of hydrogen-bond acceptors (Lipinski definition) is 5. The fourth-order valence-electron chi connectivity index (χ4n) is 4.38. The van der Waals surface area contributed by atoms with Gasteiger partial charge in [-0.15, -0.1) is 23.7 Å². The highest BCUT2D eigenvalue weighted by atomic mass is 35.5. The molecule has 0 bridgehead atoms. The molecule has 1 aliphatic heterocycles. The number of carbonyl (C=O) groups excluding carboxylic acids is 1. The molecule has 37 heavy (non-hydrogen) atoms. The zero-order valence-corrected chi connectivity index (χ0v) is 21.7. The van der Waals surface area contributed by atoms with Crippen LogP contribution >= 0.6 is 23.7 Å². The van der Waals surface area contributed by atoms with Crippen LogP contribution < -0.4 is 15.0 Å². The highest BCUT2D eigenvalue weighted by Crippen LogP contribution is 2.43. The monoisotopic (exact) mass is 554 g/mol. The predicted octanol–water partition coefficient (Wildman–Crippen LogP) is 5.69. The van der Waals surface area contributed by atoms with Gasteiger partial charge in [0.2, 0.25) is 5.91 Å². The maximum absolute atomic E-state index is 13.7. The molecular weight excluding hydrogens is 529 g/mol. The maximum atomic E-state index is 13.7. The number of ether oxygens (including phenoxy) is 1. The van der Waals surface area contributed by atoms with Gasteiger partial charge in [0.25, 0.3) is 0 Å². The van der Waals surface area contributed by atoms with Crippen LogP contribution in [0.3, 0.4) is 0 Å². The molecule has 1 aromatic heterocycles. The number of benzene rings is 2. The molecule has 11 heteroatoms. The third-order valence-corrected chi connectivity index (χ3v) is 7.21. The van der Waals surface area contributed by atoms with Crippen molar-refractivity contribution < 1.29 is 32.6 Å². The first-order valence-corrected chi connectivity index (χ1v) is 12.1. The van der Waals surface area contributed by atoms with Crippen LogP contribution in [0.25, 0.3) is 11.1 Å². The highest BCUT2D eigenvalue weighted by molar-refractivity contribution is 7.12. The number of aliphatic carboxylic acids is 1. The number of carboxylic acid groups (broad SMARTS) is 1. The van der Waals surface area contributed by atoms with Crippen molar-refractivity contribution in [2.45, 2.75) is 38.6 Å². The summed E-state index contributed by atoms with van der Waals surface area (Å²) in [6.07, 6.45) is -4.07. The van der Waals surface area contributed by atoms with Crippen molar-refractivity contribution in [2.24, 2.45) is 0 Å². The average Bonchev–Trinajstić information content (AvgIpc) is 3.46. The molecule has 1 atom stereocenters. The smallest absolute Gasteiger partial charge is 0.426 e. The molecule has 0 fully saturated rings.